The van der Waals surface area contributed by atoms with Gasteiger partial charge in [0.25, 0.3) is 0 Å². The number of thioether (sulfide) groups is 1. The summed E-state index contributed by atoms with van der Waals surface area (Å²) in [6.45, 7) is 3.25. The lowest BCUT2D eigenvalue weighted by atomic mass is 10.2. The normalized spacial score (nSPS) is 15.3. The highest BCUT2D eigenvalue weighted by Gasteiger charge is 2.20. The van der Waals surface area contributed by atoms with Gasteiger partial charge >= 0.3 is 0 Å². The fourth-order valence-electron chi connectivity index (χ4n) is 2.50. The highest BCUT2D eigenvalue weighted by atomic mass is 32.2. The minimum absolute atomic E-state index is 0.155. The predicted molar refractivity (Wildman–Crippen MR) is 84.6 cm³/mol. The summed E-state index contributed by atoms with van der Waals surface area (Å²) in [5.74, 6) is 0.792. The minimum atomic E-state index is -0.155. The van der Waals surface area contributed by atoms with Gasteiger partial charge in [0, 0.05) is 32.2 Å². The summed E-state index contributed by atoms with van der Waals surface area (Å²) in [7, 11) is 0. The molecule has 0 atom stereocenters. The Labute approximate surface area is 128 Å². The van der Waals surface area contributed by atoms with Crippen molar-refractivity contribution in [2.45, 2.75) is 5.03 Å². The van der Waals surface area contributed by atoms with E-state index in [2.05, 4.69) is 19.8 Å². The Morgan fingerprint density at radius 3 is 2.48 bits per heavy atom. The van der Waals surface area contributed by atoms with Crippen molar-refractivity contribution in [3.63, 3.8) is 0 Å². The van der Waals surface area contributed by atoms with Crippen molar-refractivity contribution >= 4 is 23.3 Å². The molecule has 0 amide bonds. The van der Waals surface area contributed by atoms with Gasteiger partial charge in [0.05, 0.1) is 5.69 Å². The van der Waals surface area contributed by atoms with E-state index in [1.54, 1.807) is 24.2 Å². The van der Waals surface area contributed by atoms with E-state index in [4.69, 9.17) is 0 Å². The summed E-state index contributed by atoms with van der Waals surface area (Å²) in [5.41, 5.74) is 0.685. The predicted octanol–water partition coefficient (Wildman–Crippen LogP) is 2.66. The maximum atomic E-state index is 13.8. The van der Waals surface area contributed by atoms with Crippen LogP contribution in [0.15, 0.2) is 41.7 Å². The quantitative estimate of drug-likeness (QED) is 0.643. The number of rotatable bonds is 3. The van der Waals surface area contributed by atoms with Crippen LogP contribution >= 0.6 is 11.8 Å². The van der Waals surface area contributed by atoms with Crippen molar-refractivity contribution in [3.8, 4) is 0 Å². The number of hydrogen-bond acceptors (Lipinski definition) is 5. The second-order valence-electron chi connectivity index (χ2n) is 4.84. The van der Waals surface area contributed by atoms with Gasteiger partial charge in [0.1, 0.15) is 23.0 Å². The van der Waals surface area contributed by atoms with Gasteiger partial charge < -0.3 is 9.80 Å². The van der Waals surface area contributed by atoms with Crippen molar-refractivity contribution in [2.75, 3.05) is 42.2 Å². The monoisotopic (exact) mass is 304 g/mol. The lowest BCUT2D eigenvalue weighted by Crippen LogP contribution is -2.47. The molecule has 1 saturated heterocycles. The molecule has 0 aliphatic carbocycles. The molecule has 1 aliphatic heterocycles. The van der Waals surface area contributed by atoms with Crippen molar-refractivity contribution in [2.24, 2.45) is 0 Å². The number of anilines is 2. The van der Waals surface area contributed by atoms with Crippen LogP contribution in [0.2, 0.25) is 0 Å². The van der Waals surface area contributed by atoms with Gasteiger partial charge in [-0.3, -0.25) is 0 Å². The minimum Gasteiger partial charge on any atom is -0.366 e. The van der Waals surface area contributed by atoms with Crippen molar-refractivity contribution in [3.05, 3.63) is 42.5 Å². The molecule has 1 aromatic heterocycles. The first-order valence-corrected chi connectivity index (χ1v) is 8.11. The second kappa shape index (κ2) is 6.30. The van der Waals surface area contributed by atoms with E-state index in [9.17, 15) is 4.39 Å². The summed E-state index contributed by atoms with van der Waals surface area (Å²) in [6.07, 6.45) is 3.60. The fraction of sp³-hybridized carbons (Fsp3) is 0.333. The molecule has 110 valence electrons. The van der Waals surface area contributed by atoms with E-state index in [0.29, 0.717) is 5.69 Å². The zero-order chi connectivity index (χ0) is 14.7. The van der Waals surface area contributed by atoms with Crippen molar-refractivity contribution in [1.29, 1.82) is 0 Å². The maximum Gasteiger partial charge on any atom is 0.146 e. The highest BCUT2D eigenvalue weighted by Crippen LogP contribution is 2.23. The summed E-state index contributed by atoms with van der Waals surface area (Å²) in [4.78, 5) is 12.8. The van der Waals surface area contributed by atoms with Gasteiger partial charge in [-0.15, -0.1) is 11.8 Å². The van der Waals surface area contributed by atoms with E-state index >= 15 is 0 Å². The van der Waals surface area contributed by atoms with Crippen molar-refractivity contribution in [1.82, 2.24) is 9.97 Å². The molecule has 0 radical (unpaired) electrons. The maximum absolute atomic E-state index is 13.8. The molecule has 2 aromatic rings. The standard InChI is InChI=1S/C15H17FN4S/c1-21-15-10-14(17-11-18-15)20-8-6-19(7-9-20)13-5-3-2-4-12(13)16/h2-5,10-11H,6-9H2,1H3. The summed E-state index contributed by atoms with van der Waals surface area (Å²) >= 11 is 1.61. The Kier molecular flexibility index (Phi) is 4.24. The molecular weight excluding hydrogens is 287 g/mol. The van der Waals surface area contributed by atoms with Crippen LogP contribution in [-0.4, -0.2) is 42.4 Å². The molecule has 3 rings (SSSR count). The first kappa shape index (κ1) is 14.1. The van der Waals surface area contributed by atoms with Crippen molar-refractivity contribution < 1.29 is 4.39 Å². The first-order valence-electron chi connectivity index (χ1n) is 6.88. The third kappa shape index (κ3) is 3.10. The molecule has 1 aliphatic rings. The van der Waals surface area contributed by atoms with Gasteiger partial charge in [-0.2, -0.15) is 0 Å². The van der Waals surface area contributed by atoms with Gasteiger partial charge in [-0.25, -0.2) is 14.4 Å². The number of hydrogen-bond donors (Lipinski definition) is 0. The molecule has 1 fully saturated rings. The molecule has 0 N–H and O–H groups in total. The Morgan fingerprint density at radius 1 is 1.05 bits per heavy atom. The third-order valence-corrected chi connectivity index (χ3v) is 4.28. The Morgan fingerprint density at radius 2 is 1.76 bits per heavy atom. The SMILES string of the molecule is CSc1cc(N2CCN(c3ccccc3F)CC2)ncn1. The van der Waals surface area contributed by atoms with E-state index in [0.717, 1.165) is 37.0 Å². The Hall–Kier alpha value is -1.82. The lowest BCUT2D eigenvalue weighted by molar-refractivity contribution is 0.595. The zero-order valence-electron chi connectivity index (χ0n) is 11.9. The Balaban J connectivity index is 1.69. The van der Waals surface area contributed by atoms with E-state index in [-0.39, 0.29) is 5.82 Å². The van der Waals surface area contributed by atoms with Gasteiger partial charge in [0.15, 0.2) is 0 Å². The number of aromatic nitrogens is 2. The van der Waals surface area contributed by atoms with E-state index < -0.39 is 0 Å². The van der Waals surface area contributed by atoms with Crippen LogP contribution in [0.1, 0.15) is 0 Å². The largest absolute Gasteiger partial charge is 0.366 e. The first-order chi connectivity index (χ1) is 10.3. The molecule has 2 heterocycles. The summed E-state index contributed by atoms with van der Waals surface area (Å²) in [5, 5.41) is 0.969. The smallest absolute Gasteiger partial charge is 0.146 e. The van der Waals surface area contributed by atoms with Crippen LogP contribution in [0.3, 0.4) is 0 Å². The zero-order valence-corrected chi connectivity index (χ0v) is 12.7. The molecule has 0 unspecified atom stereocenters. The van der Waals surface area contributed by atoms with Gasteiger partial charge in [-0.1, -0.05) is 12.1 Å². The molecule has 0 spiro atoms. The summed E-state index contributed by atoms with van der Waals surface area (Å²) in [6, 6.07) is 8.95. The van der Waals surface area contributed by atoms with Crippen LogP contribution in [0.4, 0.5) is 15.9 Å². The van der Waals surface area contributed by atoms with Gasteiger partial charge in [-0.05, 0) is 18.4 Å². The number of halogens is 1. The third-order valence-electron chi connectivity index (χ3n) is 3.63. The number of piperazine rings is 1. The summed E-state index contributed by atoms with van der Waals surface area (Å²) < 4.78 is 13.8. The number of para-hydroxylation sites is 1. The van der Waals surface area contributed by atoms with Crippen LogP contribution < -0.4 is 9.80 Å². The molecule has 4 nitrogen and oxygen atoms in total. The van der Waals surface area contributed by atoms with Crippen LogP contribution in [0, 0.1) is 5.82 Å². The van der Waals surface area contributed by atoms with E-state index in [1.807, 2.05) is 24.5 Å². The van der Waals surface area contributed by atoms with Crippen LogP contribution in [0.25, 0.3) is 0 Å². The average molecular weight is 304 g/mol. The van der Waals surface area contributed by atoms with E-state index in [1.165, 1.54) is 6.07 Å². The lowest BCUT2D eigenvalue weighted by Gasteiger charge is -2.36. The molecule has 6 heteroatoms. The number of nitrogens with zero attached hydrogens (tertiary/aromatic N) is 4. The highest BCUT2D eigenvalue weighted by molar-refractivity contribution is 7.98. The molecule has 0 bridgehead atoms. The second-order valence-corrected chi connectivity index (χ2v) is 5.67. The molecular formula is C15H17FN4S. The fourth-order valence-corrected chi connectivity index (χ4v) is 2.87. The Bertz CT molecular complexity index is 614. The topological polar surface area (TPSA) is 32.3 Å². The van der Waals surface area contributed by atoms with Crippen LogP contribution in [-0.2, 0) is 0 Å². The number of benzene rings is 1. The molecule has 0 saturated carbocycles. The molecule has 1 aromatic carbocycles. The van der Waals surface area contributed by atoms with Gasteiger partial charge in [0.2, 0.25) is 0 Å². The average Bonchev–Trinajstić information content (AvgIpc) is 2.56. The molecule has 21 heavy (non-hydrogen) atoms. The van der Waals surface area contributed by atoms with Crippen LogP contribution in [0.5, 0.6) is 0 Å².